The lowest BCUT2D eigenvalue weighted by Crippen LogP contribution is -2.13. The second-order valence-electron chi connectivity index (χ2n) is 5.39. The molecule has 0 aliphatic carbocycles. The SMILES string of the molecule is Cn1cc(/C=C(\C#N)C(=O)Nc2cccc(O)c2)c2ccccc21. The number of nitrogens with one attached hydrogen (secondary N) is 1. The predicted octanol–water partition coefficient (Wildman–Crippen LogP) is 3.43. The van der Waals surface area contributed by atoms with E-state index in [2.05, 4.69) is 5.32 Å². The first-order valence-electron chi connectivity index (χ1n) is 7.35. The molecule has 3 rings (SSSR count). The van der Waals surface area contributed by atoms with E-state index in [9.17, 15) is 15.2 Å². The summed E-state index contributed by atoms with van der Waals surface area (Å²) >= 11 is 0. The Kier molecular flexibility index (Phi) is 4.04. The molecule has 0 bridgehead atoms. The molecule has 3 aromatic rings. The normalized spacial score (nSPS) is 11.2. The summed E-state index contributed by atoms with van der Waals surface area (Å²) in [7, 11) is 1.92. The van der Waals surface area contributed by atoms with Crippen molar-refractivity contribution in [2.75, 3.05) is 5.32 Å². The number of nitrogens with zero attached hydrogens (tertiary/aromatic N) is 2. The monoisotopic (exact) mass is 317 g/mol. The van der Waals surface area contributed by atoms with Gasteiger partial charge in [-0.1, -0.05) is 24.3 Å². The molecule has 0 fully saturated rings. The fourth-order valence-corrected chi connectivity index (χ4v) is 2.57. The minimum atomic E-state index is -0.518. The number of carbonyl (C=O) groups is 1. The van der Waals surface area contributed by atoms with Crippen molar-refractivity contribution in [1.82, 2.24) is 4.57 Å². The molecule has 0 saturated carbocycles. The molecule has 0 radical (unpaired) electrons. The number of para-hydroxylation sites is 1. The molecule has 118 valence electrons. The van der Waals surface area contributed by atoms with Crippen LogP contribution in [-0.4, -0.2) is 15.6 Å². The lowest BCUT2D eigenvalue weighted by molar-refractivity contribution is -0.112. The summed E-state index contributed by atoms with van der Waals surface area (Å²) in [5.41, 5.74) is 2.25. The highest BCUT2D eigenvalue weighted by atomic mass is 16.3. The maximum absolute atomic E-state index is 12.3. The van der Waals surface area contributed by atoms with Gasteiger partial charge in [-0.3, -0.25) is 4.79 Å². The van der Waals surface area contributed by atoms with Crippen LogP contribution in [0.5, 0.6) is 5.75 Å². The van der Waals surface area contributed by atoms with Crippen LogP contribution >= 0.6 is 0 Å². The van der Waals surface area contributed by atoms with Gasteiger partial charge in [-0.25, -0.2) is 0 Å². The Balaban J connectivity index is 1.94. The molecular formula is C19H15N3O2. The number of aromatic nitrogens is 1. The van der Waals surface area contributed by atoms with Crippen LogP contribution in [0.2, 0.25) is 0 Å². The van der Waals surface area contributed by atoms with Crippen LogP contribution in [0.3, 0.4) is 0 Å². The number of amides is 1. The molecule has 0 unspecified atom stereocenters. The number of phenols is 1. The molecule has 1 heterocycles. The van der Waals surface area contributed by atoms with Crippen molar-refractivity contribution >= 4 is 28.6 Å². The summed E-state index contributed by atoms with van der Waals surface area (Å²) in [6.07, 6.45) is 3.45. The third-order valence-corrected chi connectivity index (χ3v) is 3.70. The van der Waals surface area contributed by atoms with Crippen molar-refractivity contribution in [1.29, 1.82) is 5.26 Å². The first-order chi connectivity index (χ1) is 11.6. The predicted molar refractivity (Wildman–Crippen MR) is 93.2 cm³/mol. The maximum Gasteiger partial charge on any atom is 0.266 e. The molecule has 1 amide bonds. The molecule has 0 aliphatic rings. The highest BCUT2D eigenvalue weighted by Gasteiger charge is 2.12. The minimum absolute atomic E-state index is 0.00491. The van der Waals surface area contributed by atoms with Gasteiger partial charge >= 0.3 is 0 Å². The quantitative estimate of drug-likeness (QED) is 0.574. The number of nitriles is 1. The fraction of sp³-hybridized carbons (Fsp3) is 0.0526. The van der Waals surface area contributed by atoms with Crippen molar-refractivity contribution in [2.45, 2.75) is 0 Å². The minimum Gasteiger partial charge on any atom is -0.508 e. The first kappa shape index (κ1) is 15.4. The number of carbonyl (C=O) groups excluding carboxylic acids is 1. The van der Waals surface area contributed by atoms with Crippen molar-refractivity contribution in [3.8, 4) is 11.8 Å². The Morgan fingerprint density at radius 3 is 2.79 bits per heavy atom. The lowest BCUT2D eigenvalue weighted by atomic mass is 10.1. The molecule has 0 spiro atoms. The zero-order valence-electron chi connectivity index (χ0n) is 13.0. The Bertz CT molecular complexity index is 993. The summed E-state index contributed by atoms with van der Waals surface area (Å²) < 4.78 is 1.95. The Labute approximate surface area is 139 Å². The number of rotatable bonds is 3. The molecule has 5 nitrogen and oxygen atoms in total. The largest absolute Gasteiger partial charge is 0.508 e. The molecule has 1 aromatic heterocycles. The summed E-state index contributed by atoms with van der Waals surface area (Å²) in [5, 5.41) is 22.4. The van der Waals surface area contributed by atoms with Crippen molar-refractivity contribution in [3.05, 3.63) is 65.9 Å². The molecule has 0 saturated heterocycles. The van der Waals surface area contributed by atoms with Crippen LogP contribution in [0.15, 0.2) is 60.3 Å². The highest BCUT2D eigenvalue weighted by Crippen LogP contribution is 2.23. The van der Waals surface area contributed by atoms with Gasteiger partial charge < -0.3 is 15.0 Å². The topological polar surface area (TPSA) is 78.0 Å². The smallest absolute Gasteiger partial charge is 0.266 e. The zero-order valence-corrected chi connectivity index (χ0v) is 13.0. The molecule has 0 atom stereocenters. The molecule has 0 aliphatic heterocycles. The first-order valence-corrected chi connectivity index (χ1v) is 7.35. The van der Waals surface area contributed by atoms with E-state index < -0.39 is 5.91 Å². The summed E-state index contributed by atoms with van der Waals surface area (Å²) in [6, 6.07) is 15.9. The number of aromatic hydroxyl groups is 1. The summed E-state index contributed by atoms with van der Waals surface area (Å²) in [6.45, 7) is 0. The molecular weight excluding hydrogens is 302 g/mol. The summed E-state index contributed by atoms with van der Waals surface area (Å²) in [4.78, 5) is 12.3. The number of hydrogen-bond donors (Lipinski definition) is 2. The van der Waals surface area contributed by atoms with Crippen LogP contribution in [0, 0.1) is 11.3 Å². The van der Waals surface area contributed by atoms with Gasteiger partial charge in [0.05, 0.1) is 0 Å². The van der Waals surface area contributed by atoms with Gasteiger partial charge in [0.15, 0.2) is 0 Å². The van der Waals surface area contributed by atoms with Gasteiger partial charge in [-0.15, -0.1) is 0 Å². The lowest BCUT2D eigenvalue weighted by Gasteiger charge is -2.04. The average molecular weight is 317 g/mol. The second kappa shape index (κ2) is 6.31. The van der Waals surface area contributed by atoms with Crippen LogP contribution in [0.1, 0.15) is 5.56 Å². The second-order valence-corrected chi connectivity index (χ2v) is 5.39. The van der Waals surface area contributed by atoms with Crippen molar-refractivity contribution < 1.29 is 9.90 Å². The Morgan fingerprint density at radius 2 is 2.04 bits per heavy atom. The number of fused-ring (bicyclic) bond motifs is 1. The van der Waals surface area contributed by atoms with Crippen molar-refractivity contribution in [2.24, 2.45) is 7.05 Å². The number of benzene rings is 2. The number of aryl methyl sites for hydroxylation is 1. The van der Waals surface area contributed by atoms with E-state index in [1.165, 1.54) is 12.1 Å². The average Bonchev–Trinajstić information content (AvgIpc) is 2.89. The zero-order chi connectivity index (χ0) is 17.1. The van der Waals surface area contributed by atoms with Gasteiger partial charge in [-0.05, 0) is 24.3 Å². The van der Waals surface area contributed by atoms with Gasteiger partial charge in [0.1, 0.15) is 17.4 Å². The molecule has 2 N–H and O–H groups in total. The van der Waals surface area contributed by atoms with Crippen LogP contribution in [-0.2, 0) is 11.8 Å². The number of anilines is 1. The van der Waals surface area contributed by atoms with E-state index in [0.29, 0.717) is 5.69 Å². The third-order valence-electron chi connectivity index (χ3n) is 3.70. The molecule has 24 heavy (non-hydrogen) atoms. The van der Waals surface area contributed by atoms with Gasteiger partial charge in [0.2, 0.25) is 0 Å². The van der Waals surface area contributed by atoms with Crippen LogP contribution in [0.25, 0.3) is 17.0 Å². The number of phenolic OH excluding ortho intramolecular Hbond substituents is 1. The number of hydrogen-bond acceptors (Lipinski definition) is 3. The highest BCUT2D eigenvalue weighted by molar-refractivity contribution is 6.10. The third kappa shape index (κ3) is 2.99. The fourth-order valence-electron chi connectivity index (χ4n) is 2.57. The summed E-state index contributed by atoms with van der Waals surface area (Å²) in [5.74, 6) is -0.472. The van der Waals surface area contributed by atoms with Gasteiger partial charge in [0, 0.05) is 41.5 Å². The van der Waals surface area contributed by atoms with Crippen LogP contribution < -0.4 is 5.32 Å². The van der Waals surface area contributed by atoms with E-state index in [0.717, 1.165) is 16.5 Å². The van der Waals surface area contributed by atoms with Gasteiger partial charge in [-0.2, -0.15) is 5.26 Å². The van der Waals surface area contributed by atoms with E-state index in [-0.39, 0.29) is 11.3 Å². The van der Waals surface area contributed by atoms with E-state index in [1.807, 2.05) is 48.1 Å². The van der Waals surface area contributed by atoms with E-state index in [1.54, 1.807) is 18.2 Å². The van der Waals surface area contributed by atoms with Crippen molar-refractivity contribution in [3.63, 3.8) is 0 Å². The molecule has 5 heteroatoms. The van der Waals surface area contributed by atoms with Gasteiger partial charge in [0.25, 0.3) is 5.91 Å². The maximum atomic E-state index is 12.3. The molecule has 2 aromatic carbocycles. The Hall–Kier alpha value is -3.52. The van der Waals surface area contributed by atoms with E-state index in [4.69, 9.17) is 0 Å². The van der Waals surface area contributed by atoms with E-state index >= 15 is 0 Å². The Morgan fingerprint density at radius 1 is 1.25 bits per heavy atom. The standard InChI is InChI=1S/C19H15N3O2/c1-22-12-14(17-7-2-3-8-18(17)22)9-13(11-20)19(24)21-15-5-4-6-16(23)10-15/h2-10,12,23H,1H3,(H,21,24)/b13-9+. The van der Waals surface area contributed by atoms with Crippen LogP contribution in [0.4, 0.5) is 5.69 Å².